The second-order valence-electron chi connectivity index (χ2n) is 6.54. The largest absolute Gasteiger partial charge is 0.507 e. The number of nitrogens with zero attached hydrogens (tertiary/aromatic N) is 1. The first kappa shape index (κ1) is 19.0. The van der Waals surface area contributed by atoms with Gasteiger partial charge in [-0.15, -0.1) is 0 Å². The van der Waals surface area contributed by atoms with Gasteiger partial charge in [0.05, 0.1) is 21.8 Å². The molecule has 6 heteroatoms. The van der Waals surface area contributed by atoms with E-state index in [9.17, 15) is 9.50 Å². The van der Waals surface area contributed by atoms with Gasteiger partial charge in [0, 0.05) is 11.6 Å². The molecule has 0 unspecified atom stereocenters. The monoisotopic (exact) mass is 409 g/mol. The van der Waals surface area contributed by atoms with E-state index >= 15 is 0 Å². The molecule has 1 heterocycles. The molecule has 0 aliphatic carbocycles. The van der Waals surface area contributed by atoms with Gasteiger partial charge in [0.1, 0.15) is 23.9 Å². The first-order valence-electron chi connectivity index (χ1n) is 8.94. The van der Waals surface area contributed by atoms with E-state index in [1.807, 2.05) is 37.3 Å². The Morgan fingerprint density at radius 2 is 1.86 bits per heavy atom. The normalized spacial score (nSPS) is 10.9. The zero-order valence-electron chi connectivity index (χ0n) is 15.5. The average molecular weight is 410 g/mol. The Kier molecular flexibility index (Phi) is 5.23. The number of aromatic hydroxyl groups is 1. The van der Waals surface area contributed by atoms with Crippen LogP contribution in [-0.2, 0) is 6.61 Å². The highest BCUT2D eigenvalue weighted by molar-refractivity contribution is 6.31. The summed E-state index contributed by atoms with van der Waals surface area (Å²) in [4.78, 5) is 0. The smallest absolute Gasteiger partial charge is 0.178 e. The van der Waals surface area contributed by atoms with Crippen LogP contribution in [0.25, 0.3) is 22.5 Å². The topological polar surface area (TPSA) is 55.5 Å². The molecule has 4 aromatic rings. The zero-order chi connectivity index (χ0) is 20.4. The summed E-state index contributed by atoms with van der Waals surface area (Å²) in [6.45, 7) is 2.00. The molecule has 0 aliphatic heterocycles. The molecule has 4 nitrogen and oxygen atoms in total. The number of halogens is 2. The van der Waals surface area contributed by atoms with Crippen molar-refractivity contribution >= 4 is 11.6 Å². The molecule has 0 saturated carbocycles. The fourth-order valence-corrected chi connectivity index (χ4v) is 3.31. The van der Waals surface area contributed by atoms with Crippen LogP contribution in [0.3, 0.4) is 0 Å². The standard InChI is InChI=1S/C23H17ClFNO3/c1-14-22(15-5-3-2-4-6-15)23(29-26-14)19-10-9-18(12-21(19)27)28-13-16-7-8-17(25)11-20(16)24/h2-12,27H,13H2,1H3. The molecule has 0 aliphatic rings. The lowest BCUT2D eigenvalue weighted by Gasteiger charge is -2.10. The lowest BCUT2D eigenvalue weighted by Crippen LogP contribution is -1.97. The van der Waals surface area contributed by atoms with Crippen LogP contribution in [0.4, 0.5) is 4.39 Å². The fraction of sp³-hybridized carbons (Fsp3) is 0.0870. The van der Waals surface area contributed by atoms with Crippen molar-refractivity contribution < 1.29 is 18.8 Å². The second-order valence-corrected chi connectivity index (χ2v) is 6.95. The van der Waals surface area contributed by atoms with Crippen molar-refractivity contribution in [2.75, 3.05) is 0 Å². The van der Waals surface area contributed by atoms with E-state index in [1.165, 1.54) is 18.2 Å². The Morgan fingerprint density at radius 3 is 2.59 bits per heavy atom. The SMILES string of the molecule is Cc1noc(-c2ccc(OCc3ccc(F)cc3Cl)cc2O)c1-c1ccccc1. The highest BCUT2D eigenvalue weighted by Gasteiger charge is 2.19. The predicted molar refractivity (Wildman–Crippen MR) is 110 cm³/mol. The van der Waals surface area contributed by atoms with Crippen molar-refractivity contribution in [2.24, 2.45) is 0 Å². The summed E-state index contributed by atoms with van der Waals surface area (Å²) in [6.07, 6.45) is 0. The number of ether oxygens (including phenoxy) is 1. The number of hydrogen-bond donors (Lipinski definition) is 1. The van der Waals surface area contributed by atoms with Crippen LogP contribution in [-0.4, -0.2) is 10.3 Å². The summed E-state index contributed by atoms with van der Waals surface area (Å²) in [7, 11) is 0. The summed E-state index contributed by atoms with van der Waals surface area (Å²) < 4.78 is 24.4. The van der Waals surface area contributed by atoms with Crippen molar-refractivity contribution in [1.82, 2.24) is 5.16 Å². The van der Waals surface area contributed by atoms with Crippen molar-refractivity contribution in [3.8, 4) is 33.9 Å². The molecule has 4 rings (SSSR count). The third-order valence-corrected chi connectivity index (χ3v) is 4.90. The highest BCUT2D eigenvalue weighted by Crippen LogP contribution is 2.40. The number of phenols is 1. The number of rotatable bonds is 5. The molecule has 0 atom stereocenters. The Bertz CT molecular complexity index is 1160. The van der Waals surface area contributed by atoms with Crippen LogP contribution in [0.15, 0.2) is 71.3 Å². The first-order valence-corrected chi connectivity index (χ1v) is 9.32. The summed E-state index contributed by atoms with van der Waals surface area (Å²) >= 11 is 6.02. The Hall–Kier alpha value is -3.31. The molecule has 0 bridgehead atoms. The summed E-state index contributed by atoms with van der Waals surface area (Å²) in [5.41, 5.74) is 3.67. The average Bonchev–Trinajstić information content (AvgIpc) is 3.09. The zero-order valence-corrected chi connectivity index (χ0v) is 16.3. The molecule has 1 N–H and O–H groups in total. The van der Waals surface area contributed by atoms with E-state index in [0.717, 1.165) is 16.8 Å². The minimum absolute atomic E-state index is 0.000958. The molecule has 146 valence electrons. The van der Waals surface area contributed by atoms with E-state index in [-0.39, 0.29) is 17.4 Å². The minimum atomic E-state index is -0.405. The maximum absolute atomic E-state index is 13.2. The Balaban J connectivity index is 1.60. The molecular weight excluding hydrogens is 393 g/mol. The molecule has 0 radical (unpaired) electrons. The van der Waals surface area contributed by atoms with Crippen molar-refractivity contribution in [1.29, 1.82) is 0 Å². The van der Waals surface area contributed by atoms with Crippen molar-refractivity contribution in [3.63, 3.8) is 0 Å². The molecular formula is C23H17ClFNO3. The molecule has 0 saturated heterocycles. The quantitative estimate of drug-likeness (QED) is 0.414. The number of aryl methyl sites for hydroxylation is 1. The van der Waals surface area contributed by atoms with E-state index < -0.39 is 5.82 Å². The van der Waals surface area contributed by atoms with E-state index in [4.69, 9.17) is 20.9 Å². The van der Waals surface area contributed by atoms with E-state index in [1.54, 1.807) is 18.2 Å². The minimum Gasteiger partial charge on any atom is -0.507 e. The third kappa shape index (κ3) is 3.96. The van der Waals surface area contributed by atoms with Gasteiger partial charge in [-0.05, 0) is 36.8 Å². The Morgan fingerprint density at radius 1 is 1.07 bits per heavy atom. The van der Waals surface area contributed by atoms with Gasteiger partial charge in [0.2, 0.25) is 0 Å². The summed E-state index contributed by atoms with van der Waals surface area (Å²) in [6, 6.07) is 18.8. The molecule has 29 heavy (non-hydrogen) atoms. The summed E-state index contributed by atoms with van der Waals surface area (Å²) in [5.74, 6) is 0.529. The Labute approximate surface area is 172 Å². The molecule has 0 fully saturated rings. The van der Waals surface area contributed by atoms with Gasteiger partial charge in [0.15, 0.2) is 5.76 Å². The van der Waals surface area contributed by atoms with Crippen LogP contribution in [0.5, 0.6) is 11.5 Å². The van der Waals surface area contributed by atoms with Crippen LogP contribution >= 0.6 is 11.6 Å². The molecule has 3 aromatic carbocycles. The van der Waals surface area contributed by atoms with E-state index in [0.29, 0.717) is 22.6 Å². The van der Waals surface area contributed by atoms with Crippen molar-refractivity contribution in [3.05, 3.63) is 88.8 Å². The number of aromatic nitrogens is 1. The van der Waals surface area contributed by atoms with Gasteiger partial charge in [0.25, 0.3) is 0 Å². The van der Waals surface area contributed by atoms with Gasteiger partial charge >= 0.3 is 0 Å². The fourth-order valence-electron chi connectivity index (χ4n) is 3.09. The van der Waals surface area contributed by atoms with Crippen molar-refractivity contribution in [2.45, 2.75) is 13.5 Å². The predicted octanol–water partition coefficient (Wildman–Crippen LogP) is 6.39. The molecule has 1 aromatic heterocycles. The van der Waals surface area contributed by atoms with Gasteiger partial charge in [-0.3, -0.25) is 0 Å². The van der Waals surface area contributed by atoms with Crippen LogP contribution < -0.4 is 4.74 Å². The maximum atomic E-state index is 13.2. The van der Waals surface area contributed by atoms with Gasteiger partial charge in [-0.1, -0.05) is 53.2 Å². The molecule has 0 spiro atoms. The second kappa shape index (κ2) is 7.97. The lowest BCUT2D eigenvalue weighted by atomic mass is 9.99. The van der Waals surface area contributed by atoms with Crippen LogP contribution in [0.2, 0.25) is 5.02 Å². The third-order valence-electron chi connectivity index (χ3n) is 4.55. The molecule has 0 amide bonds. The maximum Gasteiger partial charge on any atom is 0.178 e. The van der Waals surface area contributed by atoms with Gasteiger partial charge in [-0.2, -0.15) is 0 Å². The first-order chi connectivity index (χ1) is 14.0. The van der Waals surface area contributed by atoms with E-state index in [2.05, 4.69) is 5.16 Å². The number of benzene rings is 3. The van der Waals surface area contributed by atoms with Crippen LogP contribution in [0.1, 0.15) is 11.3 Å². The summed E-state index contributed by atoms with van der Waals surface area (Å²) in [5, 5.41) is 14.9. The van der Waals surface area contributed by atoms with Gasteiger partial charge < -0.3 is 14.4 Å². The highest BCUT2D eigenvalue weighted by atomic mass is 35.5. The lowest BCUT2D eigenvalue weighted by molar-refractivity contribution is 0.304. The number of phenolic OH excluding ortho intramolecular Hbond substituents is 1. The van der Waals surface area contributed by atoms with Crippen LogP contribution in [0, 0.1) is 12.7 Å². The van der Waals surface area contributed by atoms with Gasteiger partial charge in [-0.25, -0.2) is 4.39 Å². The number of hydrogen-bond acceptors (Lipinski definition) is 4.